The molecule has 3 atom stereocenters. The Morgan fingerprint density at radius 1 is 0.967 bits per heavy atom. The summed E-state index contributed by atoms with van der Waals surface area (Å²) in [5.74, 6) is 0.167. The van der Waals surface area contributed by atoms with Crippen LogP contribution in [0.25, 0.3) is 0 Å². The zero-order valence-corrected chi connectivity index (χ0v) is 16.8. The smallest absolute Gasteiger partial charge is 0.352 e. The summed E-state index contributed by atoms with van der Waals surface area (Å²) < 4.78 is 13.8. The van der Waals surface area contributed by atoms with Gasteiger partial charge in [-0.1, -0.05) is 60.7 Å². The number of nitrogens with two attached hydrogens (primary N) is 1. The van der Waals surface area contributed by atoms with Gasteiger partial charge < -0.3 is 15.2 Å². The normalized spacial score (nSPS) is 21.0. The van der Waals surface area contributed by atoms with Gasteiger partial charge in [0.25, 0.3) is 0 Å². The van der Waals surface area contributed by atoms with Crippen molar-refractivity contribution in [2.24, 2.45) is 5.92 Å². The number of benzene rings is 2. The molecule has 0 aliphatic heterocycles. The Kier molecular flexibility index (Phi) is 6.51. The van der Waals surface area contributed by atoms with E-state index in [2.05, 4.69) is 9.97 Å². The fraction of sp³-hybridized carbons (Fsp3) is 0.348. The van der Waals surface area contributed by atoms with Crippen LogP contribution in [0, 0.1) is 5.92 Å². The van der Waals surface area contributed by atoms with Crippen LogP contribution in [-0.4, -0.2) is 27.2 Å². The lowest BCUT2D eigenvalue weighted by molar-refractivity contribution is -0.0190. The molecule has 1 fully saturated rings. The Morgan fingerprint density at radius 3 is 2.30 bits per heavy atom. The van der Waals surface area contributed by atoms with E-state index in [0.29, 0.717) is 26.2 Å². The molecule has 0 saturated heterocycles. The van der Waals surface area contributed by atoms with Gasteiger partial charge in [0.15, 0.2) is 0 Å². The Bertz CT molecular complexity index is 994. The van der Waals surface area contributed by atoms with Crippen molar-refractivity contribution in [1.29, 1.82) is 0 Å². The van der Waals surface area contributed by atoms with Gasteiger partial charge >= 0.3 is 5.69 Å². The van der Waals surface area contributed by atoms with Crippen LogP contribution in [0.5, 0.6) is 0 Å². The molecule has 7 nitrogen and oxygen atoms in total. The number of rotatable bonds is 8. The lowest BCUT2D eigenvalue weighted by Gasteiger charge is -2.20. The van der Waals surface area contributed by atoms with Gasteiger partial charge in [-0.2, -0.15) is 4.98 Å². The summed E-state index contributed by atoms with van der Waals surface area (Å²) in [5, 5.41) is 0. The van der Waals surface area contributed by atoms with E-state index in [-0.39, 0.29) is 29.7 Å². The number of ether oxygens (including phenoxy) is 2. The van der Waals surface area contributed by atoms with Crippen LogP contribution in [0.4, 0.5) is 5.95 Å². The molecule has 30 heavy (non-hydrogen) atoms. The van der Waals surface area contributed by atoms with Crippen molar-refractivity contribution in [2.75, 3.05) is 12.3 Å². The van der Waals surface area contributed by atoms with Crippen molar-refractivity contribution in [2.45, 2.75) is 38.2 Å². The average Bonchev–Trinajstić information content (AvgIpc) is 3.16. The Labute approximate surface area is 175 Å². The number of anilines is 1. The van der Waals surface area contributed by atoms with E-state index >= 15 is 0 Å². The molecular formula is C23H26N4O3. The summed E-state index contributed by atoms with van der Waals surface area (Å²) in [5.41, 5.74) is 7.42. The molecule has 1 aliphatic rings. The molecule has 7 heteroatoms. The van der Waals surface area contributed by atoms with E-state index in [1.54, 1.807) is 4.57 Å². The first-order chi connectivity index (χ1) is 14.7. The highest BCUT2D eigenvalue weighted by Crippen LogP contribution is 2.36. The molecule has 0 unspecified atom stereocenters. The van der Waals surface area contributed by atoms with Crippen LogP contribution >= 0.6 is 0 Å². The summed E-state index contributed by atoms with van der Waals surface area (Å²) in [6.45, 7) is 1.65. The molecule has 2 N–H and O–H groups in total. The third-order valence-electron chi connectivity index (χ3n) is 5.49. The fourth-order valence-corrected chi connectivity index (χ4v) is 3.95. The minimum Gasteiger partial charge on any atom is -0.376 e. The number of nitrogen functional groups attached to an aromatic ring is 1. The topological polar surface area (TPSA) is 92.3 Å². The number of aromatic nitrogens is 3. The highest BCUT2D eigenvalue weighted by atomic mass is 16.5. The van der Waals surface area contributed by atoms with E-state index in [1.165, 1.54) is 6.33 Å². The second-order valence-electron chi connectivity index (χ2n) is 7.63. The predicted molar refractivity (Wildman–Crippen MR) is 114 cm³/mol. The number of hydrogen-bond acceptors (Lipinski definition) is 6. The molecule has 4 rings (SSSR count). The van der Waals surface area contributed by atoms with Gasteiger partial charge in [0.2, 0.25) is 5.95 Å². The Morgan fingerprint density at radius 2 is 1.63 bits per heavy atom. The molecule has 0 amide bonds. The van der Waals surface area contributed by atoms with Crippen LogP contribution < -0.4 is 11.4 Å². The summed E-state index contributed by atoms with van der Waals surface area (Å²) in [6, 6.07) is 20.1. The lowest BCUT2D eigenvalue weighted by atomic mass is 10.1. The molecule has 1 aliphatic carbocycles. The SMILES string of the molecule is Nc1ncn([C@@H]2C[C@H](COCc3ccccc3)[C@@H](OCc3ccccc3)C2)c(=O)n1. The van der Waals surface area contributed by atoms with Crippen molar-refractivity contribution >= 4 is 5.95 Å². The van der Waals surface area contributed by atoms with E-state index in [1.807, 2.05) is 60.7 Å². The largest absolute Gasteiger partial charge is 0.376 e. The van der Waals surface area contributed by atoms with E-state index in [0.717, 1.165) is 17.5 Å². The maximum absolute atomic E-state index is 12.3. The summed E-state index contributed by atoms with van der Waals surface area (Å²) in [4.78, 5) is 20.0. The van der Waals surface area contributed by atoms with Gasteiger partial charge in [0.05, 0.1) is 25.9 Å². The third-order valence-corrected chi connectivity index (χ3v) is 5.49. The predicted octanol–water partition coefficient (Wildman–Crippen LogP) is 2.97. The van der Waals surface area contributed by atoms with E-state index in [4.69, 9.17) is 15.2 Å². The van der Waals surface area contributed by atoms with Gasteiger partial charge in [-0.05, 0) is 24.0 Å². The minimum absolute atomic E-state index is 0.00568. The quantitative estimate of drug-likeness (QED) is 0.618. The molecule has 156 valence electrons. The molecular weight excluding hydrogens is 380 g/mol. The molecule has 3 aromatic rings. The Hall–Kier alpha value is -3.03. The van der Waals surface area contributed by atoms with Crippen molar-refractivity contribution in [1.82, 2.24) is 14.5 Å². The monoisotopic (exact) mass is 406 g/mol. The molecule has 1 heterocycles. The Balaban J connectivity index is 1.43. The van der Waals surface area contributed by atoms with Gasteiger partial charge in [0, 0.05) is 12.0 Å². The average molecular weight is 406 g/mol. The number of hydrogen-bond donors (Lipinski definition) is 1. The minimum atomic E-state index is -0.375. The third kappa shape index (κ3) is 5.11. The van der Waals surface area contributed by atoms with E-state index < -0.39 is 0 Å². The summed E-state index contributed by atoms with van der Waals surface area (Å²) in [6.07, 6.45) is 2.94. The zero-order valence-electron chi connectivity index (χ0n) is 16.8. The van der Waals surface area contributed by atoms with Crippen LogP contribution in [0.2, 0.25) is 0 Å². The van der Waals surface area contributed by atoms with Crippen LogP contribution in [0.15, 0.2) is 71.8 Å². The lowest BCUT2D eigenvalue weighted by Crippen LogP contribution is -2.27. The van der Waals surface area contributed by atoms with Crippen LogP contribution in [0.1, 0.15) is 30.0 Å². The summed E-state index contributed by atoms with van der Waals surface area (Å²) in [7, 11) is 0. The maximum Gasteiger partial charge on any atom is 0.352 e. The van der Waals surface area contributed by atoms with Crippen LogP contribution in [0.3, 0.4) is 0 Å². The first-order valence-corrected chi connectivity index (χ1v) is 10.2. The second-order valence-corrected chi connectivity index (χ2v) is 7.63. The number of nitrogens with zero attached hydrogens (tertiary/aromatic N) is 3. The molecule has 0 bridgehead atoms. The van der Waals surface area contributed by atoms with Crippen molar-refractivity contribution in [3.8, 4) is 0 Å². The fourth-order valence-electron chi connectivity index (χ4n) is 3.95. The molecule has 1 saturated carbocycles. The second kappa shape index (κ2) is 9.65. The highest BCUT2D eigenvalue weighted by Gasteiger charge is 2.36. The molecule has 2 aromatic carbocycles. The highest BCUT2D eigenvalue weighted by molar-refractivity contribution is 5.14. The zero-order chi connectivity index (χ0) is 20.8. The van der Waals surface area contributed by atoms with Crippen molar-refractivity contribution < 1.29 is 9.47 Å². The van der Waals surface area contributed by atoms with E-state index in [9.17, 15) is 4.79 Å². The molecule has 1 aromatic heterocycles. The first-order valence-electron chi connectivity index (χ1n) is 10.2. The van der Waals surface area contributed by atoms with Gasteiger partial charge in [0.1, 0.15) is 6.33 Å². The summed E-state index contributed by atoms with van der Waals surface area (Å²) >= 11 is 0. The molecule has 0 spiro atoms. The van der Waals surface area contributed by atoms with Gasteiger partial charge in [-0.15, -0.1) is 0 Å². The first kappa shape index (κ1) is 20.3. The van der Waals surface area contributed by atoms with Gasteiger partial charge in [-0.3, -0.25) is 4.57 Å². The maximum atomic E-state index is 12.3. The van der Waals surface area contributed by atoms with Crippen molar-refractivity contribution in [3.63, 3.8) is 0 Å². The van der Waals surface area contributed by atoms with Crippen molar-refractivity contribution in [3.05, 3.63) is 88.6 Å². The molecule has 0 radical (unpaired) electrons. The van der Waals surface area contributed by atoms with Gasteiger partial charge in [-0.25, -0.2) is 9.78 Å². The van der Waals surface area contributed by atoms with Crippen LogP contribution in [-0.2, 0) is 22.7 Å². The standard InChI is InChI=1S/C23H26N4O3/c24-22-25-16-27(23(28)26-22)20-11-19(15-29-13-17-7-3-1-4-8-17)21(12-20)30-14-18-9-5-2-6-10-18/h1-10,16,19-21H,11-15H2,(H2,24,26,28)/t19-,20-,21+/m1/s1.